The lowest BCUT2D eigenvalue weighted by molar-refractivity contribution is 0.263. The lowest BCUT2D eigenvalue weighted by atomic mass is 10.2. The predicted octanol–water partition coefficient (Wildman–Crippen LogP) is 1.64. The van der Waals surface area contributed by atoms with Crippen molar-refractivity contribution in [3.8, 4) is 0 Å². The van der Waals surface area contributed by atoms with Gasteiger partial charge in [-0.1, -0.05) is 11.6 Å². The van der Waals surface area contributed by atoms with Crippen LogP contribution in [-0.4, -0.2) is 21.3 Å². The summed E-state index contributed by atoms with van der Waals surface area (Å²) < 4.78 is 2.69. The van der Waals surface area contributed by atoms with E-state index in [1.807, 2.05) is 16.7 Å². The number of rotatable bonds is 4. The molecule has 4 nitrogen and oxygen atoms in total. The number of aliphatic hydroxyl groups excluding tert-OH is 1. The summed E-state index contributed by atoms with van der Waals surface area (Å²) in [5, 5.41) is 9.02. The Morgan fingerprint density at radius 1 is 1.56 bits per heavy atom. The second-order valence-corrected chi connectivity index (χ2v) is 5.24. The fourth-order valence-corrected chi connectivity index (χ4v) is 2.56. The summed E-state index contributed by atoms with van der Waals surface area (Å²) in [5.41, 5.74) is 6.59. The quantitative estimate of drug-likeness (QED) is 0.875. The Morgan fingerprint density at radius 2 is 2.38 bits per heavy atom. The van der Waals surface area contributed by atoms with E-state index in [4.69, 9.17) is 22.4 Å². The van der Waals surface area contributed by atoms with E-state index < -0.39 is 6.04 Å². The monoisotopic (exact) mass is 257 g/mol. The van der Waals surface area contributed by atoms with E-state index in [9.17, 15) is 0 Å². The first kappa shape index (κ1) is 11.6. The fraction of sp³-hybridized carbons (Fsp3) is 0.300. The Kier molecular flexibility index (Phi) is 3.60. The van der Waals surface area contributed by atoms with Crippen molar-refractivity contribution < 1.29 is 5.11 Å². The average molecular weight is 258 g/mol. The van der Waals surface area contributed by atoms with E-state index in [-0.39, 0.29) is 6.61 Å². The largest absolute Gasteiger partial charge is 0.394 e. The molecule has 1 atom stereocenters. The van der Waals surface area contributed by atoms with Crippen LogP contribution in [0.5, 0.6) is 0 Å². The van der Waals surface area contributed by atoms with E-state index in [2.05, 4.69) is 4.98 Å². The van der Waals surface area contributed by atoms with E-state index in [1.54, 1.807) is 12.5 Å². The predicted molar refractivity (Wildman–Crippen MR) is 64.7 cm³/mol. The Bertz CT molecular complexity index is 468. The standard InChI is InChI=1S/C10H12ClN3OS/c11-10-2-1-7(16-10)4-14-6-13-3-9(14)8(12)5-15/h1-3,6,8,15H,4-5,12H2. The molecule has 0 radical (unpaired) electrons. The topological polar surface area (TPSA) is 64.1 Å². The fourth-order valence-electron chi connectivity index (χ4n) is 1.47. The van der Waals surface area contributed by atoms with Gasteiger partial charge >= 0.3 is 0 Å². The minimum Gasteiger partial charge on any atom is -0.394 e. The van der Waals surface area contributed by atoms with E-state index in [0.29, 0.717) is 6.54 Å². The van der Waals surface area contributed by atoms with Gasteiger partial charge in [-0.15, -0.1) is 11.3 Å². The zero-order valence-corrected chi connectivity index (χ0v) is 10.1. The van der Waals surface area contributed by atoms with E-state index >= 15 is 0 Å². The van der Waals surface area contributed by atoms with Crippen molar-refractivity contribution in [2.45, 2.75) is 12.6 Å². The number of hydrogen-bond acceptors (Lipinski definition) is 4. The second-order valence-electron chi connectivity index (χ2n) is 3.44. The molecular formula is C10H12ClN3OS. The normalized spacial score (nSPS) is 12.9. The molecule has 0 aromatic carbocycles. The number of halogens is 1. The Balaban J connectivity index is 2.18. The number of thiophene rings is 1. The van der Waals surface area contributed by atoms with Crippen LogP contribution in [0.25, 0.3) is 0 Å². The molecule has 0 aliphatic carbocycles. The second kappa shape index (κ2) is 4.97. The highest BCUT2D eigenvalue weighted by atomic mass is 35.5. The maximum atomic E-state index is 9.02. The molecule has 1 unspecified atom stereocenters. The number of aliphatic hydroxyl groups is 1. The third-order valence-electron chi connectivity index (χ3n) is 2.28. The maximum absolute atomic E-state index is 9.02. The number of hydrogen-bond donors (Lipinski definition) is 2. The molecule has 16 heavy (non-hydrogen) atoms. The van der Waals surface area contributed by atoms with Gasteiger partial charge in [0, 0.05) is 11.1 Å². The minimum absolute atomic E-state index is 0.0864. The highest BCUT2D eigenvalue weighted by molar-refractivity contribution is 7.16. The SMILES string of the molecule is NC(CO)c1cncn1Cc1ccc(Cl)s1. The van der Waals surface area contributed by atoms with Gasteiger partial charge in [0.1, 0.15) is 0 Å². The first-order valence-electron chi connectivity index (χ1n) is 4.81. The lowest BCUT2D eigenvalue weighted by Gasteiger charge is -2.11. The van der Waals surface area contributed by atoms with Crippen molar-refractivity contribution in [3.05, 3.63) is 39.6 Å². The Hall–Kier alpha value is -0.880. The third-order valence-corrected chi connectivity index (χ3v) is 3.49. The number of imidazole rings is 1. The van der Waals surface area contributed by atoms with Crippen molar-refractivity contribution in [1.82, 2.24) is 9.55 Å². The molecule has 0 saturated carbocycles. The maximum Gasteiger partial charge on any atom is 0.0952 e. The van der Waals surface area contributed by atoms with Crippen LogP contribution in [0, 0.1) is 0 Å². The van der Waals surface area contributed by atoms with Crippen LogP contribution >= 0.6 is 22.9 Å². The molecule has 0 spiro atoms. The van der Waals surface area contributed by atoms with Gasteiger partial charge in [-0.2, -0.15) is 0 Å². The van der Waals surface area contributed by atoms with Crippen LogP contribution in [0.1, 0.15) is 16.6 Å². The third kappa shape index (κ3) is 2.44. The molecule has 86 valence electrons. The zero-order valence-electron chi connectivity index (χ0n) is 8.51. The molecule has 2 rings (SSSR count). The summed E-state index contributed by atoms with van der Waals surface area (Å²) in [4.78, 5) is 5.17. The first-order valence-corrected chi connectivity index (χ1v) is 6.01. The molecule has 0 aliphatic rings. The molecule has 2 heterocycles. The molecule has 0 amide bonds. The zero-order chi connectivity index (χ0) is 11.5. The van der Waals surface area contributed by atoms with Crippen LogP contribution in [0.2, 0.25) is 4.34 Å². The molecule has 6 heteroatoms. The molecule has 3 N–H and O–H groups in total. The van der Waals surface area contributed by atoms with Crippen LogP contribution in [0.3, 0.4) is 0 Å². The summed E-state index contributed by atoms with van der Waals surface area (Å²) in [6.07, 6.45) is 3.38. The van der Waals surface area contributed by atoms with Crippen LogP contribution < -0.4 is 5.73 Å². The van der Waals surface area contributed by atoms with Crippen LogP contribution in [-0.2, 0) is 6.54 Å². The molecule has 0 saturated heterocycles. The van der Waals surface area contributed by atoms with Gasteiger partial charge in [-0.05, 0) is 12.1 Å². The van der Waals surface area contributed by atoms with Crippen molar-refractivity contribution in [2.75, 3.05) is 6.61 Å². The van der Waals surface area contributed by atoms with Crippen molar-refractivity contribution in [2.24, 2.45) is 5.73 Å². The van der Waals surface area contributed by atoms with E-state index in [1.165, 1.54) is 11.3 Å². The van der Waals surface area contributed by atoms with Gasteiger partial charge in [-0.25, -0.2) is 4.98 Å². The number of nitrogens with zero attached hydrogens (tertiary/aromatic N) is 2. The Morgan fingerprint density at radius 3 is 3.00 bits per heavy atom. The van der Waals surface area contributed by atoms with Crippen LogP contribution in [0.4, 0.5) is 0 Å². The van der Waals surface area contributed by atoms with Crippen molar-refractivity contribution in [3.63, 3.8) is 0 Å². The lowest BCUT2D eigenvalue weighted by Crippen LogP contribution is -2.18. The molecule has 2 aromatic rings. The molecule has 0 fully saturated rings. The Labute approximate surface area is 102 Å². The summed E-state index contributed by atoms with van der Waals surface area (Å²) in [7, 11) is 0. The molecule has 0 aliphatic heterocycles. The van der Waals surface area contributed by atoms with Crippen molar-refractivity contribution >= 4 is 22.9 Å². The molecular weight excluding hydrogens is 246 g/mol. The van der Waals surface area contributed by atoms with Gasteiger partial charge in [0.05, 0.1) is 35.6 Å². The van der Waals surface area contributed by atoms with Crippen molar-refractivity contribution in [1.29, 1.82) is 0 Å². The average Bonchev–Trinajstić information content (AvgIpc) is 2.87. The number of nitrogens with two attached hydrogens (primary N) is 1. The van der Waals surface area contributed by atoms with Gasteiger partial charge in [0.15, 0.2) is 0 Å². The smallest absolute Gasteiger partial charge is 0.0952 e. The van der Waals surface area contributed by atoms with Gasteiger partial charge in [0.2, 0.25) is 0 Å². The summed E-state index contributed by atoms with van der Waals surface area (Å²) in [5.74, 6) is 0. The highest BCUT2D eigenvalue weighted by Crippen LogP contribution is 2.23. The highest BCUT2D eigenvalue weighted by Gasteiger charge is 2.11. The summed E-state index contributed by atoms with van der Waals surface area (Å²) in [6.45, 7) is 0.595. The van der Waals surface area contributed by atoms with Gasteiger partial charge < -0.3 is 15.4 Å². The van der Waals surface area contributed by atoms with E-state index in [0.717, 1.165) is 14.9 Å². The first-order chi connectivity index (χ1) is 7.70. The molecule has 2 aromatic heterocycles. The summed E-state index contributed by atoms with van der Waals surface area (Å²) in [6, 6.07) is 3.45. The van der Waals surface area contributed by atoms with Gasteiger partial charge in [0.25, 0.3) is 0 Å². The van der Waals surface area contributed by atoms with Gasteiger partial charge in [-0.3, -0.25) is 0 Å². The minimum atomic E-state index is -0.391. The summed E-state index contributed by atoms with van der Waals surface area (Å²) >= 11 is 7.39. The number of aromatic nitrogens is 2. The molecule has 0 bridgehead atoms. The van der Waals surface area contributed by atoms with Crippen LogP contribution in [0.15, 0.2) is 24.7 Å².